The van der Waals surface area contributed by atoms with Crippen molar-refractivity contribution in [3.63, 3.8) is 0 Å². The molecule has 6 heteroatoms. The van der Waals surface area contributed by atoms with E-state index in [2.05, 4.69) is 10.1 Å². The van der Waals surface area contributed by atoms with Gasteiger partial charge in [0.1, 0.15) is 5.75 Å². The second kappa shape index (κ2) is 7.19. The molecule has 0 bridgehead atoms. The molecule has 0 unspecified atom stereocenters. The highest BCUT2D eigenvalue weighted by molar-refractivity contribution is 5.85. The first-order chi connectivity index (χ1) is 9.42. The zero-order valence-corrected chi connectivity index (χ0v) is 11.7. The summed E-state index contributed by atoms with van der Waals surface area (Å²) in [6, 6.07) is 6.33. The predicted molar refractivity (Wildman–Crippen MR) is 72.4 cm³/mol. The van der Waals surface area contributed by atoms with Gasteiger partial charge in [0.05, 0.1) is 5.54 Å². The van der Waals surface area contributed by atoms with E-state index < -0.39 is 12.2 Å². The van der Waals surface area contributed by atoms with Crippen molar-refractivity contribution in [3.8, 4) is 5.75 Å². The normalized spacial score (nSPS) is 11.5. The summed E-state index contributed by atoms with van der Waals surface area (Å²) in [5.74, 6) is -0.243. The van der Waals surface area contributed by atoms with Crippen LogP contribution < -0.4 is 15.8 Å². The Bertz CT molecular complexity index is 449. The fraction of sp³-hybridized carbons (Fsp3) is 0.500. The number of carbonyl (C=O) groups excluding carboxylic acids is 1. The lowest BCUT2D eigenvalue weighted by atomic mass is 9.93. The highest BCUT2D eigenvalue weighted by atomic mass is 19.3. The van der Waals surface area contributed by atoms with Gasteiger partial charge in [-0.3, -0.25) is 4.79 Å². The maximum absolute atomic E-state index is 12.3. The first-order valence-electron chi connectivity index (χ1n) is 6.52. The highest BCUT2D eigenvalue weighted by Gasteiger charge is 2.29. The number of nitrogens with one attached hydrogen (secondary N) is 1. The number of hydrogen-bond acceptors (Lipinski definition) is 3. The molecule has 1 rings (SSSR count). The Hall–Kier alpha value is -1.69. The van der Waals surface area contributed by atoms with E-state index in [0.717, 1.165) is 0 Å². The van der Waals surface area contributed by atoms with Crippen molar-refractivity contribution < 1.29 is 18.3 Å². The number of carbonyl (C=O) groups is 1. The van der Waals surface area contributed by atoms with Gasteiger partial charge in [0, 0.05) is 12.1 Å². The van der Waals surface area contributed by atoms with E-state index >= 15 is 0 Å². The van der Waals surface area contributed by atoms with Gasteiger partial charge < -0.3 is 15.8 Å². The average molecular weight is 286 g/mol. The quantitative estimate of drug-likeness (QED) is 0.809. The van der Waals surface area contributed by atoms with Crippen LogP contribution in [0.4, 0.5) is 8.78 Å². The van der Waals surface area contributed by atoms with Crippen LogP contribution >= 0.6 is 0 Å². The van der Waals surface area contributed by atoms with Crippen LogP contribution in [0.1, 0.15) is 32.3 Å². The number of hydrogen-bond donors (Lipinski definition) is 2. The molecule has 0 aliphatic rings. The second-order valence-electron chi connectivity index (χ2n) is 4.53. The molecule has 0 saturated heterocycles. The van der Waals surface area contributed by atoms with Crippen molar-refractivity contribution in [1.82, 2.24) is 5.32 Å². The number of amides is 1. The molecule has 4 nitrogen and oxygen atoms in total. The summed E-state index contributed by atoms with van der Waals surface area (Å²) in [6.45, 7) is 0.862. The van der Waals surface area contributed by atoms with Crippen molar-refractivity contribution in [2.24, 2.45) is 5.73 Å². The fourth-order valence-electron chi connectivity index (χ4n) is 1.78. The summed E-state index contributed by atoms with van der Waals surface area (Å²) in [6.07, 6.45) is 1.01. The predicted octanol–water partition coefficient (Wildman–Crippen LogP) is 2.42. The summed E-state index contributed by atoms with van der Waals surface area (Å²) in [7, 11) is 0. The zero-order valence-electron chi connectivity index (χ0n) is 11.7. The van der Waals surface area contributed by atoms with E-state index in [4.69, 9.17) is 5.73 Å². The molecule has 112 valence electrons. The van der Waals surface area contributed by atoms with Crippen LogP contribution in [0.25, 0.3) is 0 Å². The maximum atomic E-state index is 12.3. The Morgan fingerprint density at radius 1 is 1.35 bits per heavy atom. The molecule has 0 radical (unpaired) electrons. The van der Waals surface area contributed by atoms with Gasteiger partial charge in [0.25, 0.3) is 0 Å². The molecule has 0 aliphatic carbocycles. The van der Waals surface area contributed by atoms with Crippen molar-refractivity contribution in [2.45, 2.75) is 45.4 Å². The number of para-hydroxylation sites is 1. The number of alkyl halides is 2. The lowest BCUT2D eigenvalue weighted by molar-refractivity contribution is -0.126. The third-order valence-corrected chi connectivity index (χ3v) is 3.34. The van der Waals surface area contributed by atoms with E-state index in [1.54, 1.807) is 18.2 Å². The minimum absolute atomic E-state index is 0.0541. The van der Waals surface area contributed by atoms with Gasteiger partial charge in [0.2, 0.25) is 5.91 Å². The smallest absolute Gasteiger partial charge is 0.387 e. The average Bonchev–Trinajstić information content (AvgIpc) is 2.44. The van der Waals surface area contributed by atoms with Crippen molar-refractivity contribution in [3.05, 3.63) is 29.8 Å². The Morgan fingerprint density at radius 3 is 2.50 bits per heavy atom. The molecule has 3 N–H and O–H groups in total. The van der Waals surface area contributed by atoms with Crippen LogP contribution in [0.15, 0.2) is 24.3 Å². The number of benzene rings is 1. The largest absolute Gasteiger partial charge is 0.434 e. The van der Waals surface area contributed by atoms with Gasteiger partial charge in [-0.1, -0.05) is 32.0 Å². The van der Waals surface area contributed by atoms with Gasteiger partial charge in [-0.25, -0.2) is 0 Å². The van der Waals surface area contributed by atoms with Crippen LogP contribution in [0, 0.1) is 0 Å². The van der Waals surface area contributed by atoms with Gasteiger partial charge in [-0.05, 0) is 18.9 Å². The van der Waals surface area contributed by atoms with E-state index in [9.17, 15) is 13.6 Å². The Kier molecular flexibility index (Phi) is 5.88. The third-order valence-electron chi connectivity index (χ3n) is 3.34. The van der Waals surface area contributed by atoms with Crippen LogP contribution in [-0.4, -0.2) is 18.1 Å². The zero-order chi connectivity index (χ0) is 15.2. The second-order valence-corrected chi connectivity index (χ2v) is 4.53. The molecule has 0 fully saturated rings. The SMILES string of the molecule is CCC(N)(CC)C(=O)NCc1ccccc1OC(F)F. The summed E-state index contributed by atoms with van der Waals surface area (Å²) in [5, 5.41) is 2.67. The Morgan fingerprint density at radius 2 is 1.95 bits per heavy atom. The highest BCUT2D eigenvalue weighted by Crippen LogP contribution is 2.20. The van der Waals surface area contributed by atoms with Gasteiger partial charge in [-0.15, -0.1) is 0 Å². The molecule has 20 heavy (non-hydrogen) atoms. The fourth-order valence-corrected chi connectivity index (χ4v) is 1.78. The van der Waals surface area contributed by atoms with Crippen LogP contribution in [0.5, 0.6) is 5.75 Å². The molecule has 0 spiro atoms. The van der Waals surface area contributed by atoms with Gasteiger partial charge in [-0.2, -0.15) is 8.78 Å². The van der Waals surface area contributed by atoms with Crippen LogP contribution in [0.2, 0.25) is 0 Å². The number of rotatable bonds is 7. The first kappa shape index (κ1) is 16.4. The molecule has 0 saturated carbocycles. The summed E-state index contributed by atoms with van der Waals surface area (Å²) in [4.78, 5) is 12.0. The minimum atomic E-state index is -2.90. The Labute approximate surface area is 117 Å². The molecule has 0 aliphatic heterocycles. The molecular weight excluding hydrogens is 266 g/mol. The van der Waals surface area contributed by atoms with Crippen LogP contribution in [0.3, 0.4) is 0 Å². The molecule has 0 atom stereocenters. The molecule has 1 aromatic rings. The number of nitrogens with two attached hydrogens (primary N) is 1. The summed E-state index contributed by atoms with van der Waals surface area (Å²) in [5.41, 5.74) is 5.51. The van der Waals surface area contributed by atoms with Gasteiger partial charge in [0.15, 0.2) is 0 Å². The minimum Gasteiger partial charge on any atom is -0.434 e. The lowest BCUT2D eigenvalue weighted by Gasteiger charge is -2.25. The lowest BCUT2D eigenvalue weighted by Crippen LogP contribution is -2.52. The summed E-state index contributed by atoms with van der Waals surface area (Å²) >= 11 is 0. The standard InChI is InChI=1S/C14H20F2N2O2/c1-3-14(17,4-2)12(19)18-9-10-7-5-6-8-11(10)20-13(15)16/h5-8,13H,3-4,9,17H2,1-2H3,(H,18,19). The van der Waals surface area contributed by atoms with E-state index in [1.807, 2.05) is 13.8 Å². The van der Waals surface area contributed by atoms with E-state index in [1.165, 1.54) is 6.07 Å². The van der Waals surface area contributed by atoms with Crippen LogP contribution in [-0.2, 0) is 11.3 Å². The first-order valence-corrected chi connectivity index (χ1v) is 6.52. The topological polar surface area (TPSA) is 64.4 Å². The monoisotopic (exact) mass is 286 g/mol. The number of ether oxygens (including phenoxy) is 1. The molecule has 1 amide bonds. The number of halogens is 2. The van der Waals surface area contributed by atoms with Crippen molar-refractivity contribution in [2.75, 3.05) is 0 Å². The van der Waals surface area contributed by atoms with E-state index in [0.29, 0.717) is 18.4 Å². The third kappa shape index (κ3) is 4.16. The summed E-state index contributed by atoms with van der Waals surface area (Å²) < 4.78 is 28.9. The Balaban J connectivity index is 2.73. The molecular formula is C14H20F2N2O2. The van der Waals surface area contributed by atoms with Crippen molar-refractivity contribution in [1.29, 1.82) is 0 Å². The van der Waals surface area contributed by atoms with E-state index in [-0.39, 0.29) is 18.2 Å². The molecule has 1 aromatic carbocycles. The van der Waals surface area contributed by atoms with Crippen molar-refractivity contribution >= 4 is 5.91 Å². The maximum Gasteiger partial charge on any atom is 0.387 e. The van der Waals surface area contributed by atoms with Gasteiger partial charge >= 0.3 is 6.61 Å². The molecule has 0 heterocycles. The molecule has 0 aromatic heterocycles.